The Morgan fingerprint density at radius 2 is 1.55 bits per heavy atom. The van der Waals surface area contributed by atoms with Gasteiger partial charge >= 0.3 is 5.97 Å². The Bertz CT molecular complexity index is 2230. The fraction of sp³-hybridized carbons (Fsp3) is 0.270. The number of aromatic nitrogens is 3. The highest BCUT2D eigenvalue weighted by Crippen LogP contribution is 2.34. The van der Waals surface area contributed by atoms with Crippen LogP contribution in [0.1, 0.15) is 41.6 Å². The maximum Gasteiger partial charge on any atom is 0.310 e. The number of benzene rings is 2. The molecule has 0 bridgehead atoms. The van der Waals surface area contributed by atoms with Gasteiger partial charge in [-0.25, -0.2) is 27.5 Å². The molecule has 7 rings (SSSR count). The summed E-state index contributed by atoms with van der Waals surface area (Å²) in [6, 6.07) is 9.03. The molecule has 2 saturated carbocycles. The SMILES string of the molecule is COC(=O)Cc1c(F)ccc(N)c1F.Nc1ccc(F)c(-c2cc3cnc(Cl)cc3n(CC3CC3)c2=O)c1F.O=Cc1cnc(Cl)cc1NCC1CC1. The molecule has 5 N–H and O–H groups in total. The lowest BCUT2D eigenvalue weighted by atomic mass is 10.0. The van der Waals surface area contributed by atoms with Crippen LogP contribution in [0.5, 0.6) is 0 Å². The van der Waals surface area contributed by atoms with E-state index in [-0.39, 0.29) is 27.7 Å². The molecule has 10 nitrogen and oxygen atoms in total. The highest BCUT2D eigenvalue weighted by atomic mass is 35.5. The molecule has 0 radical (unpaired) electrons. The number of hydrogen-bond acceptors (Lipinski definition) is 9. The van der Waals surface area contributed by atoms with E-state index in [9.17, 15) is 31.9 Å². The number of ether oxygens (including phenoxy) is 1. The van der Waals surface area contributed by atoms with E-state index in [1.807, 2.05) is 0 Å². The number of carbonyl (C=O) groups is 2. The Hall–Kier alpha value is -5.21. The van der Waals surface area contributed by atoms with Gasteiger partial charge in [0.25, 0.3) is 5.56 Å². The largest absolute Gasteiger partial charge is 0.469 e. The zero-order valence-corrected chi connectivity index (χ0v) is 29.8. The molecule has 2 aromatic carbocycles. The summed E-state index contributed by atoms with van der Waals surface area (Å²) in [5.41, 5.74) is 11.0. The number of nitrogens with two attached hydrogens (primary N) is 2. The number of nitrogens with one attached hydrogen (secondary N) is 1. The summed E-state index contributed by atoms with van der Waals surface area (Å²) in [6.07, 6.45) is 7.93. The molecule has 0 aliphatic heterocycles. The number of halogens is 6. The van der Waals surface area contributed by atoms with Gasteiger partial charge in [-0.3, -0.25) is 14.4 Å². The van der Waals surface area contributed by atoms with Crippen LogP contribution >= 0.6 is 23.2 Å². The molecule has 0 saturated heterocycles. The number of fused-ring (bicyclic) bond motifs is 1. The van der Waals surface area contributed by atoms with Crippen molar-refractivity contribution in [1.82, 2.24) is 14.5 Å². The molecule has 2 fully saturated rings. The summed E-state index contributed by atoms with van der Waals surface area (Å²) < 4.78 is 60.8. The van der Waals surface area contributed by atoms with Gasteiger partial charge in [0.1, 0.15) is 21.9 Å². The van der Waals surface area contributed by atoms with E-state index in [2.05, 4.69) is 20.0 Å². The fourth-order valence-corrected chi connectivity index (χ4v) is 5.55. The minimum atomic E-state index is -0.934. The van der Waals surface area contributed by atoms with Gasteiger partial charge in [0.2, 0.25) is 0 Å². The number of nitrogen functional groups attached to an aromatic ring is 2. The number of aldehydes is 1. The number of esters is 1. The molecule has 0 spiro atoms. The second kappa shape index (κ2) is 17.1. The quantitative estimate of drug-likeness (QED) is 0.0451. The summed E-state index contributed by atoms with van der Waals surface area (Å²) in [6.45, 7) is 1.40. The van der Waals surface area contributed by atoms with Gasteiger partial charge < -0.3 is 26.1 Å². The van der Waals surface area contributed by atoms with Gasteiger partial charge in [-0.15, -0.1) is 0 Å². The highest BCUT2D eigenvalue weighted by molar-refractivity contribution is 6.30. The minimum absolute atomic E-state index is 0.0698. The van der Waals surface area contributed by atoms with Crippen LogP contribution in [0, 0.1) is 35.1 Å². The van der Waals surface area contributed by atoms with Crippen LogP contribution in [0.4, 0.5) is 34.6 Å². The molecular weight excluding hydrogens is 739 g/mol. The molecule has 5 aromatic rings. The molecule has 2 aliphatic rings. The van der Waals surface area contributed by atoms with Gasteiger partial charge in [0.15, 0.2) is 17.9 Å². The molecule has 53 heavy (non-hydrogen) atoms. The van der Waals surface area contributed by atoms with Crippen LogP contribution in [0.25, 0.3) is 22.0 Å². The Morgan fingerprint density at radius 1 is 0.925 bits per heavy atom. The first-order chi connectivity index (χ1) is 25.3. The van der Waals surface area contributed by atoms with Gasteiger partial charge in [-0.1, -0.05) is 23.2 Å². The van der Waals surface area contributed by atoms with E-state index < -0.39 is 46.8 Å². The normalized spacial score (nSPS) is 13.3. The first-order valence-electron chi connectivity index (χ1n) is 16.4. The summed E-state index contributed by atoms with van der Waals surface area (Å²) in [4.78, 5) is 42.3. The van der Waals surface area contributed by atoms with Crippen LogP contribution in [-0.4, -0.2) is 40.4 Å². The van der Waals surface area contributed by atoms with Crippen molar-refractivity contribution in [2.24, 2.45) is 11.8 Å². The fourth-order valence-electron chi connectivity index (χ4n) is 5.24. The van der Waals surface area contributed by atoms with Gasteiger partial charge in [0, 0.05) is 42.1 Å². The Kier molecular flexibility index (Phi) is 12.6. The van der Waals surface area contributed by atoms with Gasteiger partial charge in [-0.2, -0.15) is 0 Å². The Morgan fingerprint density at radius 3 is 2.19 bits per heavy atom. The zero-order chi connectivity index (χ0) is 38.4. The summed E-state index contributed by atoms with van der Waals surface area (Å²) in [5.74, 6) is -3.04. The highest BCUT2D eigenvalue weighted by Gasteiger charge is 2.26. The molecule has 0 unspecified atom stereocenters. The topological polar surface area (TPSA) is 155 Å². The number of rotatable bonds is 9. The van der Waals surface area contributed by atoms with Crippen molar-refractivity contribution < 1.29 is 31.9 Å². The zero-order valence-electron chi connectivity index (χ0n) is 28.3. The van der Waals surface area contributed by atoms with Crippen molar-refractivity contribution in [3.63, 3.8) is 0 Å². The third-order valence-electron chi connectivity index (χ3n) is 8.54. The molecule has 278 valence electrons. The lowest BCUT2D eigenvalue weighted by molar-refractivity contribution is -0.139. The Balaban J connectivity index is 0.000000166. The van der Waals surface area contributed by atoms with Crippen molar-refractivity contribution in [1.29, 1.82) is 0 Å². The number of anilines is 3. The second-order valence-electron chi connectivity index (χ2n) is 12.5. The molecule has 3 heterocycles. The first kappa shape index (κ1) is 39.0. The molecule has 3 aromatic heterocycles. The molecule has 2 aliphatic carbocycles. The van der Waals surface area contributed by atoms with Gasteiger partial charge in [0.05, 0.1) is 47.1 Å². The Labute approximate surface area is 311 Å². The number of nitrogens with zero attached hydrogens (tertiary/aromatic N) is 3. The summed E-state index contributed by atoms with van der Waals surface area (Å²) in [7, 11) is 1.14. The van der Waals surface area contributed by atoms with Crippen LogP contribution in [0.2, 0.25) is 10.3 Å². The van der Waals surface area contributed by atoms with Crippen molar-refractivity contribution in [2.45, 2.75) is 38.6 Å². The molecule has 0 atom stereocenters. The predicted molar refractivity (Wildman–Crippen MR) is 196 cm³/mol. The van der Waals surface area contributed by atoms with E-state index in [0.29, 0.717) is 34.1 Å². The number of hydrogen-bond donors (Lipinski definition) is 3. The van der Waals surface area contributed by atoms with E-state index >= 15 is 0 Å². The lowest BCUT2D eigenvalue weighted by Crippen LogP contribution is -2.24. The minimum Gasteiger partial charge on any atom is -0.469 e. The lowest BCUT2D eigenvalue weighted by Gasteiger charge is -2.14. The van der Waals surface area contributed by atoms with E-state index in [0.717, 1.165) is 68.7 Å². The smallest absolute Gasteiger partial charge is 0.310 e. The van der Waals surface area contributed by atoms with Gasteiger partial charge in [-0.05, 0) is 80.0 Å². The maximum atomic E-state index is 14.4. The third-order valence-corrected chi connectivity index (χ3v) is 8.96. The average molecular weight is 774 g/mol. The number of pyridine rings is 3. The molecule has 16 heteroatoms. The maximum absolute atomic E-state index is 14.4. The third kappa shape index (κ3) is 9.82. The standard InChI is InChI=1S/C18H14ClF2N3O.C10H11ClN2O.C9H9F2NO2/c19-15-6-14-10(7-23-15)5-11(18(25)24(14)8-9-1-2-9)16-12(20)3-4-13(22)17(16)21;11-10-3-9(8(6-14)5-13-10)12-4-7-1-2-7;1-14-8(13)4-5-6(10)2-3-7(12)9(5)11/h3-7,9H,1-2,8,22H2;3,5-7H,1-2,4H2,(H,12,13);2-3H,4,12H2,1H3. The number of carbonyl (C=O) groups excluding carboxylic acids is 2. The van der Waals surface area contributed by atoms with Crippen LogP contribution in [0.15, 0.2) is 59.7 Å². The summed E-state index contributed by atoms with van der Waals surface area (Å²) in [5, 5.41) is 4.46. The number of methoxy groups -OCH3 is 1. The average Bonchev–Trinajstić information content (AvgIpc) is 4.08. The van der Waals surface area contributed by atoms with Crippen LogP contribution in [0.3, 0.4) is 0 Å². The van der Waals surface area contributed by atoms with E-state index in [1.54, 1.807) is 12.1 Å². The molecule has 0 amide bonds. The monoisotopic (exact) mass is 772 g/mol. The van der Waals surface area contributed by atoms with Crippen molar-refractivity contribution >= 4 is 63.4 Å². The van der Waals surface area contributed by atoms with Crippen molar-refractivity contribution in [3.8, 4) is 11.1 Å². The van der Waals surface area contributed by atoms with Crippen molar-refractivity contribution in [2.75, 3.05) is 30.4 Å². The van der Waals surface area contributed by atoms with Crippen molar-refractivity contribution in [3.05, 3.63) is 110 Å². The second-order valence-corrected chi connectivity index (χ2v) is 13.3. The molecular formula is C37H34Cl2F4N6O4. The van der Waals surface area contributed by atoms with E-state index in [4.69, 9.17) is 34.7 Å². The predicted octanol–water partition coefficient (Wildman–Crippen LogP) is 7.62. The van der Waals surface area contributed by atoms with Crippen LogP contribution < -0.4 is 22.3 Å². The van der Waals surface area contributed by atoms with E-state index in [1.165, 1.54) is 35.9 Å². The van der Waals surface area contributed by atoms with Crippen LogP contribution in [-0.2, 0) is 22.5 Å². The first-order valence-corrected chi connectivity index (χ1v) is 17.1. The summed E-state index contributed by atoms with van der Waals surface area (Å²) >= 11 is 11.7.